The third-order valence-electron chi connectivity index (χ3n) is 7.14. The van der Waals surface area contributed by atoms with Crippen LogP contribution in [0.2, 0.25) is 0 Å². The van der Waals surface area contributed by atoms with Crippen molar-refractivity contribution in [2.45, 2.75) is 25.8 Å². The maximum absolute atomic E-state index is 6.85. The number of hydrogen-bond acceptors (Lipinski definition) is 2. The van der Waals surface area contributed by atoms with Crippen LogP contribution in [0.1, 0.15) is 39.8 Å². The van der Waals surface area contributed by atoms with Gasteiger partial charge in [0.2, 0.25) is 0 Å². The molecular weight excluding hydrogens is 436 g/mol. The van der Waals surface area contributed by atoms with Gasteiger partial charge in [-0.05, 0) is 63.6 Å². The molecule has 0 radical (unpaired) electrons. The van der Waals surface area contributed by atoms with E-state index < -0.39 is 0 Å². The van der Waals surface area contributed by atoms with E-state index in [1.165, 1.54) is 33.0 Å². The van der Waals surface area contributed by atoms with Gasteiger partial charge in [0, 0.05) is 17.7 Å². The molecule has 1 unspecified atom stereocenters. The van der Waals surface area contributed by atoms with Crippen LogP contribution in [0.25, 0.3) is 27.6 Å². The predicted molar refractivity (Wildman–Crippen MR) is 154 cm³/mol. The lowest BCUT2D eigenvalue weighted by atomic mass is 9.85. The average Bonchev–Trinajstić information content (AvgIpc) is 2.93. The molecule has 0 saturated heterocycles. The number of benzene rings is 5. The van der Waals surface area contributed by atoms with Crippen LogP contribution in [0.5, 0.6) is 0 Å². The van der Waals surface area contributed by atoms with Crippen LogP contribution in [0.3, 0.4) is 0 Å². The zero-order valence-electron chi connectivity index (χ0n) is 20.9. The van der Waals surface area contributed by atoms with E-state index in [2.05, 4.69) is 86.7 Å². The topological polar surface area (TPSA) is 52.0 Å². The monoisotopic (exact) mass is 468 g/mol. The maximum Gasteiger partial charge on any atom is 0.0400 e. The van der Waals surface area contributed by atoms with Crippen molar-refractivity contribution in [1.29, 1.82) is 0 Å². The summed E-state index contributed by atoms with van der Waals surface area (Å²) in [6.07, 6.45) is 2.10. The summed E-state index contributed by atoms with van der Waals surface area (Å²) in [6, 6.07) is 40.0. The first-order chi connectivity index (χ1) is 17.5. The van der Waals surface area contributed by atoms with Gasteiger partial charge in [-0.1, -0.05) is 121 Å². The average molecular weight is 469 g/mol. The van der Waals surface area contributed by atoms with Crippen molar-refractivity contribution >= 4 is 16.5 Å². The molecule has 0 amide bonds. The molecule has 0 bridgehead atoms. The lowest BCUT2D eigenvalue weighted by molar-refractivity contribution is 0.646. The summed E-state index contributed by atoms with van der Waals surface area (Å²) in [5, 5.41) is 2.54. The van der Waals surface area contributed by atoms with Crippen molar-refractivity contribution in [1.82, 2.24) is 0 Å². The van der Waals surface area contributed by atoms with Crippen molar-refractivity contribution < 1.29 is 0 Å². The second-order valence-electron chi connectivity index (χ2n) is 9.54. The SMILES string of the molecule is Cc1cc2cccc(-c3ccc(C(/C=C(\N)c4ccccc4)[C@@H](N)c4ccccc4)cc3)c2cc1C. The molecule has 4 N–H and O–H groups in total. The smallest absolute Gasteiger partial charge is 0.0400 e. The Balaban J connectivity index is 1.56. The predicted octanol–water partition coefficient (Wildman–Crippen LogP) is 7.91. The van der Waals surface area contributed by atoms with Gasteiger partial charge in [-0.2, -0.15) is 0 Å². The molecule has 0 aliphatic rings. The Labute approximate surface area is 213 Å². The molecule has 0 aliphatic heterocycles. The number of aryl methyl sites for hydroxylation is 2. The van der Waals surface area contributed by atoms with E-state index in [-0.39, 0.29) is 12.0 Å². The van der Waals surface area contributed by atoms with Crippen molar-refractivity contribution in [3.05, 3.63) is 149 Å². The molecule has 36 heavy (non-hydrogen) atoms. The van der Waals surface area contributed by atoms with Crippen molar-refractivity contribution in [3.63, 3.8) is 0 Å². The molecule has 5 aromatic rings. The summed E-state index contributed by atoms with van der Waals surface area (Å²) in [5.41, 5.74) is 22.4. The highest BCUT2D eigenvalue weighted by Crippen LogP contribution is 2.35. The van der Waals surface area contributed by atoms with E-state index >= 15 is 0 Å². The number of rotatable bonds is 6. The van der Waals surface area contributed by atoms with Crippen LogP contribution in [0.15, 0.2) is 121 Å². The highest BCUT2D eigenvalue weighted by molar-refractivity contribution is 5.97. The van der Waals surface area contributed by atoms with Gasteiger partial charge in [-0.15, -0.1) is 0 Å². The zero-order valence-corrected chi connectivity index (χ0v) is 20.9. The number of fused-ring (bicyclic) bond motifs is 1. The van der Waals surface area contributed by atoms with Crippen LogP contribution in [0.4, 0.5) is 0 Å². The minimum atomic E-state index is -0.220. The highest BCUT2D eigenvalue weighted by atomic mass is 14.7. The quantitative estimate of drug-likeness (QED) is 0.266. The minimum absolute atomic E-state index is 0.0703. The van der Waals surface area contributed by atoms with Gasteiger partial charge in [0.15, 0.2) is 0 Å². The Morgan fingerprint density at radius 1 is 0.667 bits per heavy atom. The molecule has 178 valence electrons. The number of hydrogen-bond donors (Lipinski definition) is 2. The van der Waals surface area contributed by atoms with Crippen LogP contribution in [0, 0.1) is 13.8 Å². The standard InChI is InChI=1S/C34H32N2/c1-23-20-29-14-9-15-30(31(29)21-24(23)2)25-16-18-26(19-17-25)32(34(36)28-12-7-4-8-13-28)22-33(35)27-10-5-3-6-11-27/h3-22,32,34H,35-36H2,1-2H3/b33-22-/t32?,34-/m0/s1. The lowest BCUT2D eigenvalue weighted by Gasteiger charge is -2.23. The van der Waals surface area contributed by atoms with Crippen molar-refractivity contribution in [3.8, 4) is 11.1 Å². The summed E-state index contributed by atoms with van der Waals surface area (Å²) >= 11 is 0. The van der Waals surface area contributed by atoms with E-state index in [0.29, 0.717) is 0 Å². The minimum Gasteiger partial charge on any atom is -0.398 e. The maximum atomic E-state index is 6.85. The van der Waals surface area contributed by atoms with Gasteiger partial charge in [0.05, 0.1) is 0 Å². The van der Waals surface area contributed by atoms with E-state index in [1.807, 2.05) is 48.5 Å². The lowest BCUT2D eigenvalue weighted by Crippen LogP contribution is -2.19. The van der Waals surface area contributed by atoms with Crippen LogP contribution in [-0.4, -0.2) is 0 Å². The number of nitrogens with two attached hydrogens (primary N) is 2. The van der Waals surface area contributed by atoms with E-state index in [9.17, 15) is 0 Å². The van der Waals surface area contributed by atoms with Crippen LogP contribution >= 0.6 is 0 Å². The summed E-state index contributed by atoms with van der Waals surface area (Å²) in [7, 11) is 0. The fourth-order valence-corrected chi connectivity index (χ4v) is 4.89. The molecule has 0 spiro atoms. The van der Waals surface area contributed by atoms with Gasteiger partial charge in [-0.25, -0.2) is 0 Å². The second-order valence-corrected chi connectivity index (χ2v) is 9.54. The summed E-state index contributed by atoms with van der Waals surface area (Å²) < 4.78 is 0. The highest BCUT2D eigenvalue weighted by Gasteiger charge is 2.20. The molecule has 0 aliphatic carbocycles. The van der Waals surface area contributed by atoms with Gasteiger partial charge < -0.3 is 11.5 Å². The normalized spacial score (nSPS) is 13.5. The Kier molecular flexibility index (Phi) is 6.71. The Bertz CT molecular complexity index is 1500. The molecule has 2 atom stereocenters. The third kappa shape index (κ3) is 4.82. The molecule has 2 nitrogen and oxygen atoms in total. The molecule has 0 fully saturated rings. The molecule has 0 heterocycles. The van der Waals surface area contributed by atoms with Gasteiger partial charge in [0.25, 0.3) is 0 Å². The first-order valence-corrected chi connectivity index (χ1v) is 12.4. The van der Waals surface area contributed by atoms with Gasteiger partial charge in [-0.3, -0.25) is 0 Å². The Morgan fingerprint density at radius 3 is 2.00 bits per heavy atom. The largest absolute Gasteiger partial charge is 0.398 e. The second kappa shape index (κ2) is 10.2. The molecule has 5 rings (SSSR count). The van der Waals surface area contributed by atoms with Gasteiger partial charge >= 0.3 is 0 Å². The van der Waals surface area contributed by atoms with Crippen LogP contribution in [-0.2, 0) is 0 Å². The summed E-state index contributed by atoms with van der Waals surface area (Å²) in [6.45, 7) is 4.34. The molecule has 2 heteroatoms. The molecule has 0 saturated carbocycles. The Morgan fingerprint density at radius 2 is 1.31 bits per heavy atom. The van der Waals surface area contributed by atoms with Gasteiger partial charge in [0.1, 0.15) is 0 Å². The van der Waals surface area contributed by atoms with E-state index in [0.717, 1.165) is 22.4 Å². The van der Waals surface area contributed by atoms with Crippen molar-refractivity contribution in [2.75, 3.05) is 0 Å². The first-order valence-electron chi connectivity index (χ1n) is 12.4. The Hall–Kier alpha value is -4.14. The fourth-order valence-electron chi connectivity index (χ4n) is 4.89. The first kappa shape index (κ1) is 23.6. The van der Waals surface area contributed by atoms with Crippen molar-refractivity contribution in [2.24, 2.45) is 11.5 Å². The fraction of sp³-hybridized carbons (Fsp3) is 0.118. The zero-order chi connectivity index (χ0) is 25.1. The third-order valence-corrected chi connectivity index (χ3v) is 7.14. The molecule has 0 aromatic heterocycles. The summed E-state index contributed by atoms with van der Waals surface area (Å²) in [4.78, 5) is 0. The van der Waals surface area contributed by atoms with E-state index in [4.69, 9.17) is 11.5 Å². The van der Waals surface area contributed by atoms with Crippen LogP contribution < -0.4 is 11.5 Å². The molecular formula is C34H32N2. The summed E-state index contributed by atoms with van der Waals surface area (Å²) in [5.74, 6) is -0.0703. The molecule has 5 aromatic carbocycles. The van der Waals surface area contributed by atoms with E-state index in [1.54, 1.807) is 0 Å².